The molecule has 0 amide bonds. The van der Waals surface area contributed by atoms with E-state index in [1.807, 2.05) is 6.07 Å². The number of carboxylic acids is 1. The predicted molar refractivity (Wildman–Crippen MR) is 69.6 cm³/mol. The summed E-state index contributed by atoms with van der Waals surface area (Å²) in [5.74, 6) is 0.208. The lowest BCUT2D eigenvalue weighted by molar-refractivity contribution is 0.0697. The lowest BCUT2D eigenvalue weighted by atomic mass is 10.1. The number of hydrogen-bond donors (Lipinski definition) is 1. The molecule has 1 atom stereocenters. The zero-order valence-corrected chi connectivity index (χ0v) is 10.8. The summed E-state index contributed by atoms with van der Waals surface area (Å²) in [5.41, 5.74) is 1.09. The monoisotopic (exact) mass is 254 g/mol. The summed E-state index contributed by atoms with van der Waals surface area (Å²) in [7, 11) is -0.887. The van der Waals surface area contributed by atoms with Crippen molar-refractivity contribution in [3.05, 3.63) is 35.4 Å². The van der Waals surface area contributed by atoms with Gasteiger partial charge in [0.05, 0.1) is 5.56 Å². The Morgan fingerprint density at radius 2 is 2.12 bits per heavy atom. The minimum Gasteiger partial charge on any atom is -0.478 e. The summed E-state index contributed by atoms with van der Waals surface area (Å²) in [6.45, 7) is 2.11. The van der Waals surface area contributed by atoms with Crippen LogP contribution in [0.3, 0.4) is 0 Å². The molecule has 1 aromatic rings. The van der Waals surface area contributed by atoms with Crippen LogP contribution < -0.4 is 0 Å². The van der Waals surface area contributed by atoms with Crippen LogP contribution in [0.2, 0.25) is 0 Å². The molecule has 0 radical (unpaired) electrons. The van der Waals surface area contributed by atoms with Gasteiger partial charge in [-0.15, -0.1) is 0 Å². The number of unbranched alkanes of at least 4 members (excludes halogenated alkanes) is 2. The van der Waals surface area contributed by atoms with E-state index in [1.54, 1.807) is 18.2 Å². The second kappa shape index (κ2) is 7.22. The van der Waals surface area contributed by atoms with Gasteiger partial charge < -0.3 is 5.11 Å². The summed E-state index contributed by atoms with van der Waals surface area (Å²) in [6.07, 6.45) is 3.19. The Morgan fingerprint density at radius 1 is 1.35 bits per heavy atom. The predicted octanol–water partition coefficient (Wildman–Crippen LogP) is 2.82. The molecule has 0 fully saturated rings. The van der Waals surface area contributed by atoms with Gasteiger partial charge in [-0.2, -0.15) is 0 Å². The van der Waals surface area contributed by atoms with Gasteiger partial charge in [-0.3, -0.25) is 4.21 Å². The first-order chi connectivity index (χ1) is 8.13. The maximum absolute atomic E-state index is 11.7. The first-order valence-electron chi connectivity index (χ1n) is 5.80. The summed E-state index contributed by atoms with van der Waals surface area (Å²) in [4.78, 5) is 10.8. The molecule has 94 valence electrons. The van der Waals surface area contributed by atoms with Crippen LogP contribution in [-0.4, -0.2) is 21.0 Å². The van der Waals surface area contributed by atoms with Gasteiger partial charge in [0.25, 0.3) is 0 Å². The highest BCUT2D eigenvalue weighted by atomic mass is 32.2. The van der Waals surface area contributed by atoms with E-state index in [0.717, 1.165) is 24.8 Å². The molecule has 1 N–H and O–H groups in total. The molecule has 0 saturated carbocycles. The molecule has 1 unspecified atom stereocenters. The third-order valence-electron chi connectivity index (χ3n) is 2.48. The zero-order valence-electron chi connectivity index (χ0n) is 10.0. The SMILES string of the molecule is CCCCCS(=O)Cc1cccc(C(=O)O)c1. The molecule has 0 heterocycles. The number of aromatic carboxylic acids is 1. The van der Waals surface area contributed by atoms with Crippen LogP contribution in [0.25, 0.3) is 0 Å². The van der Waals surface area contributed by atoms with Crippen molar-refractivity contribution in [3.8, 4) is 0 Å². The zero-order chi connectivity index (χ0) is 12.7. The average Bonchev–Trinajstić information content (AvgIpc) is 2.29. The number of carboxylic acid groups (broad SMARTS) is 1. The van der Waals surface area contributed by atoms with Crippen LogP contribution in [0, 0.1) is 0 Å². The number of carbonyl (C=O) groups is 1. The Balaban J connectivity index is 2.53. The molecule has 0 aromatic heterocycles. The van der Waals surface area contributed by atoms with E-state index in [2.05, 4.69) is 6.92 Å². The smallest absolute Gasteiger partial charge is 0.335 e. The molecule has 0 bridgehead atoms. The van der Waals surface area contributed by atoms with Crippen molar-refractivity contribution < 1.29 is 14.1 Å². The highest BCUT2D eigenvalue weighted by molar-refractivity contribution is 7.84. The molecule has 1 rings (SSSR count). The summed E-state index contributed by atoms with van der Waals surface area (Å²) in [5, 5.41) is 8.84. The molecule has 0 spiro atoms. The van der Waals surface area contributed by atoms with Gasteiger partial charge in [0, 0.05) is 22.3 Å². The highest BCUT2D eigenvalue weighted by Gasteiger charge is 2.06. The fourth-order valence-electron chi connectivity index (χ4n) is 1.57. The lowest BCUT2D eigenvalue weighted by Crippen LogP contribution is -2.03. The van der Waals surface area contributed by atoms with Crippen LogP contribution >= 0.6 is 0 Å². The first kappa shape index (κ1) is 13.9. The van der Waals surface area contributed by atoms with Crippen molar-refractivity contribution in [2.24, 2.45) is 0 Å². The van der Waals surface area contributed by atoms with E-state index in [-0.39, 0.29) is 5.56 Å². The molecule has 4 heteroatoms. The molecule has 1 aromatic carbocycles. The van der Waals surface area contributed by atoms with Crippen molar-refractivity contribution in [2.45, 2.75) is 31.9 Å². The van der Waals surface area contributed by atoms with Crippen molar-refractivity contribution in [1.29, 1.82) is 0 Å². The van der Waals surface area contributed by atoms with Crippen LogP contribution in [-0.2, 0) is 16.6 Å². The average molecular weight is 254 g/mol. The first-order valence-corrected chi connectivity index (χ1v) is 7.29. The number of hydrogen-bond acceptors (Lipinski definition) is 2. The van der Waals surface area contributed by atoms with Crippen molar-refractivity contribution in [2.75, 3.05) is 5.75 Å². The van der Waals surface area contributed by atoms with E-state index in [9.17, 15) is 9.00 Å². The molecular weight excluding hydrogens is 236 g/mol. The van der Waals surface area contributed by atoms with Gasteiger partial charge in [0.1, 0.15) is 0 Å². The summed E-state index contributed by atoms with van der Waals surface area (Å²) >= 11 is 0. The van der Waals surface area contributed by atoms with Gasteiger partial charge in [-0.25, -0.2) is 4.79 Å². The largest absolute Gasteiger partial charge is 0.478 e. The third kappa shape index (κ3) is 5.13. The number of rotatable bonds is 7. The Kier molecular flexibility index (Phi) is 5.91. The van der Waals surface area contributed by atoms with E-state index in [0.29, 0.717) is 11.5 Å². The summed E-state index contributed by atoms with van der Waals surface area (Å²) < 4.78 is 11.7. The Hall–Kier alpha value is -1.16. The van der Waals surface area contributed by atoms with Gasteiger partial charge in [0.2, 0.25) is 0 Å². The second-order valence-corrected chi connectivity index (χ2v) is 5.58. The minimum atomic E-state index is -0.941. The van der Waals surface area contributed by atoms with E-state index in [4.69, 9.17) is 5.11 Å². The van der Waals surface area contributed by atoms with Crippen LogP contribution in [0.15, 0.2) is 24.3 Å². The van der Waals surface area contributed by atoms with Gasteiger partial charge in [-0.05, 0) is 24.1 Å². The molecule has 0 aliphatic heterocycles. The van der Waals surface area contributed by atoms with Crippen LogP contribution in [0.1, 0.15) is 42.1 Å². The highest BCUT2D eigenvalue weighted by Crippen LogP contribution is 2.09. The fourth-order valence-corrected chi connectivity index (χ4v) is 2.79. The number of benzene rings is 1. The van der Waals surface area contributed by atoms with E-state index >= 15 is 0 Å². The lowest BCUT2D eigenvalue weighted by Gasteiger charge is -2.03. The molecule has 3 nitrogen and oxygen atoms in total. The fraction of sp³-hybridized carbons (Fsp3) is 0.462. The molecule has 0 aliphatic carbocycles. The standard InChI is InChI=1S/C13H18O3S/c1-2-3-4-8-17(16)10-11-6-5-7-12(9-11)13(14)15/h5-7,9H,2-4,8,10H2,1H3,(H,14,15). The normalized spacial score (nSPS) is 12.3. The van der Waals surface area contributed by atoms with Crippen molar-refractivity contribution >= 4 is 16.8 Å². The molecule has 0 aliphatic rings. The van der Waals surface area contributed by atoms with Gasteiger partial charge in [-0.1, -0.05) is 31.9 Å². The van der Waals surface area contributed by atoms with E-state index < -0.39 is 16.8 Å². The summed E-state index contributed by atoms with van der Waals surface area (Å²) in [6, 6.07) is 6.66. The van der Waals surface area contributed by atoms with E-state index in [1.165, 1.54) is 0 Å². The van der Waals surface area contributed by atoms with Crippen molar-refractivity contribution in [1.82, 2.24) is 0 Å². The Bertz CT molecular complexity index is 401. The third-order valence-corrected chi connectivity index (χ3v) is 3.88. The maximum Gasteiger partial charge on any atom is 0.335 e. The second-order valence-electron chi connectivity index (χ2n) is 4.00. The van der Waals surface area contributed by atoms with Crippen LogP contribution in [0.4, 0.5) is 0 Å². The Morgan fingerprint density at radius 3 is 2.76 bits per heavy atom. The Labute approximate surface area is 104 Å². The van der Waals surface area contributed by atoms with Gasteiger partial charge in [0.15, 0.2) is 0 Å². The molecular formula is C13H18O3S. The van der Waals surface area contributed by atoms with Gasteiger partial charge >= 0.3 is 5.97 Å². The quantitative estimate of drug-likeness (QED) is 0.761. The maximum atomic E-state index is 11.7. The van der Waals surface area contributed by atoms with Crippen LogP contribution in [0.5, 0.6) is 0 Å². The molecule has 17 heavy (non-hydrogen) atoms. The topological polar surface area (TPSA) is 54.4 Å². The minimum absolute atomic E-state index is 0.257. The van der Waals surface area contributed by atoms with Crippen molar-refractivity contribution in [3.63, 3.8) is 0 Å². The molecule has 0 saturated heterocycles.